The van der Waals surface area contributed by atoms with Crippen molar-refractivity contribution < 1.29 is 18.3 Å². The van der Waals surface area contributed by atoms with E-state index < -0.39 is 8.07 Å². The summed E-state index contributed by atoms with van der Waals surface area (Å²) in [5.74, 6) is 13.4. The Morgan fingerprint density at radius 1 is 0.468 bits per heavy atom. The van der Waals surface area contributed by atoms with E-state index in [9.17, 15) is 8.78 Å². The van der Waals surface area contributed by atoms with Gasteiger partial charge in [0.1, 0.15) is 23.1 Å². The van der Waals surface area contributed by atoms with Gasteiger partial charge in [-0.2, -0.15) is 0 Å². The fourth-order valence-electron chi connectivity index (χ4n) is 6.48. The van der Waals surface area contributed by atoms with Crippen molar-refractivity contribution in [3.63, 3.8) is 0 Å². The van der Waals surface area contributed by atoms with Gasteiger partial charge < -0.3 is 9.47 Å². The largest absolute Gasteiger partial charge is 0.495 e. The maximum atomic E-state index is 14.0. The van der Waals surface area contributed by atoms with E-state index >= 15 is 0 Å². The van der Waals surface area contributed by atoms with Gasteiger partial charge in [0.2, 0.25) is 0 Å². The van der Waals surface area contributed by atoms with Crippen molar-refractivity contribution in [1.82, 2.24) is 0 Å². The highest BCUT2D eigenvalue weighted by Crippen LogP contribution is 2.36. The maximum absolute atomic E-state index is 14.0. The predicted molar refractivity (Wildman–Crippen MR) is 187 cm³/mol. The molecule has 0 aromatic heterocycles. The van der Waals surface area contributed by atoms with Gasteiger partial charge in [0.05, 0.1) is 25.3 Å². The summed E-state index contributed by atoms with van der Waals surface area (Å²) in [4.78, 5) is 0. The average molecular weight is 631 g/mol. The van der Waals surface area contributed by atoms with E-state index in [1.165, 1.54) is 34.6 Å². The number of hydrogen-bond acceptors (Lipinski definition) is 2. The molecule has 7 rings (SSSR count). The number of hydrogen-bond donors (Lipinski definition) is 0. The van der Waals surface area contributed by atoms with Crippen LogP contribution in [0, 0.1) is 35.3 Å². The molecule has 47 heavy (non-hydrogen) atoms. The van der Waals surface area contributed by atoms with E-state index in [2.05, 4.69) is 96.5 Å². The van der Waals surface area contributed by atoms with Gasteiger partial charge in [0.25, 0.3) is 0 Å². The van der Waals surface area contributed by atoms with Gasteiger partial charge in [-0.15, -0.1) is 0 Å². The Kier molecular flexibility index (Phi) is 7.92. The second-order valence-electron chi connectivity index (χ2n) is 11.2. The fraction of sp³-hybridized carbons (Fsp3) is 0.0476. The number of benzene rings is 6. The van der Waals surface area contributed by atoms with Crippen LogP contribution in [0.3, 0.4) is 0 Å². The lowest BCUT2D eigenvalue weighted by Crippen LogP contribution is -2.72. The Morgan fingerprint density at radius 3 is 1.28 bits per heavy atom. The molecule has 6 aromatic carbocycles. The van der Waals surface area contributed by atoms with Crippen molar-refractivity contribution in [2.45, 2.75) is 0 Å². The first-order valence-corrected chi connectivity index (χ1v) is 17.1. The van der Waals surface area contributed by atoms with Gasteiger partial charge in [0.15, 0.2) is 8.07 Å². The quantitative estimate of drug-likeness (QED) is 0.172. The zero-order valence-corrected chi connectivity index (χ0v) is 26.8. The predicted octanol–water partition coefficient (Wildman–Crippen LogP) is 6.14. The van der Waals surface area contributed by atoms with Gasteiger partial charge in [0, 0.05) is 11.1 Å². The third-order valence-electron chi connectivity index (χ3n) is 8.52. The summed E-state index contributed by atoms with van der Waals surface area (Å²) in [5.41, 5.74) is 4.66. The number of methoxy groups -OCH3 is 2. The Labute approximate surface area is 274 Å². The van der Waals surface area contributed by atoms with Crippen LogP contribution in [0.25, 0.3) is 11.1 Å². The number of ether oxygens (including phenoxy) is 2. The zero-order chi connectivity index (χ0) is 32.4. The summed E-state index contributed by atoms with van der Waals surface area (Å²) in [7, 11) is 0.308. The summed E-state index contributed by atoms with van der Waals surface area (Å²) in [6.45, 7) is 0. The first-order valence-electron chi connectivity index (χ1n) is 15.1. The molecule has 1 aliphatic heterocycles. The van der Waals surface area contributed by atoms with Crippen molar-refractivity contribution in [2.75, 3.05) is 14.2 Å². The highest BCUT2D eigenvalue weighted by Gasteiger charge is 2.49. The average Bonchev–Trinajstić information content (AvgIpc) is 3.38. The van der Waals surface area contributed by atoms with Gasteiger partial charge >= 0.3 is 0 Å². The van der Waals surface area contributed by atoms with Gasteiger partial charge in [-0.1, -0.05) is 96.5 Å². The minimum absolute atomic E-state index is 0.335. The van der Waals surface area contributed by atoms with Crippen molar-refractivity contribution >= 4 is 28.8 Å². The first-order chi connectivity index (χ1) is 23.0. The molecule has 226 valence electrons. The zero-order valence-electron chi connectivity index (χ0n) is 25.8. The van der Waals surface area contributed by atoms with Crippen LogP contribution in [0.4, 0.5) is 8.78 Å². The lowest BCUT2D eigenvalue weighted by Gasteiger charge is -2.31. The summed E-state index contributed by atoms with van der Waals surface area (Å²) < 4.78 is 39.8. The van der Waals surface area contributed by atoms with Crippen LogP contribution in [0.1, 0.15) is 22.3 Å². The molecule has 1 aliphatic rings. The Bertz CT molecular complexity index is 2100. The number of halogens is 2. The smallest absolute Gasteiger partial charge is 0.180 e. The Balaban J connectivity index is 1.54. The molecule has 2 nitrogen and oxygen atoms in total. The summed E-state index contributed by atoms with van der Waals surface area (Å²) in [5, 5.41) is 4.72. The maximum Gasteiger partial charge on any atom is 0.180 e. The molecule has 1 heterocycles. The highest BCUT2D eigenvalue weighted by atomic mass is 28.3. The third-order valence-corrected chi connectivity index (χ3v) is 13.4. The van der Waals surface area contributed by atoms with Crippen LogP contribution < -0.4 is 30.2 Å². The normalized spacial score (nSPS) is 12.1. The van der Waals surface area contributed by atoms with Crippen LogP contribution in [-0.2, 0) is 0 Å². The lowest BCUT2D eigenvalue weighted by molar-refractivity contribution is 0.413. The van der Waals surface area contributed by atoms with E-state index in [0.717, 1.165) is 21.5 Å². The van der Waals surface area contributed by atoms with Crippen LogP contribution in [0.15, 0.2) is 133 Å². The molecule has 0 unspecified atom stereocenters. The second-order valence-corrected chi connectivity index (χ2v) is 14.9. The first kappa shape index (κ1) is 29.8. The summed E-state index contributed by atoms with van der Waals surface area (Å²) in [6.07, 6.45) is 0. The lowest BCUT2D eigenvalue weighted by atomic mass is 10.0. The standard InChI is InChI=1S/C42H28F2O2Si/c1-45-39-27-37-38-28-40(46-2)32(22-20-30-12-10-14-34(44)24-30)26-42(38)47(35-15-5-3-6-16-35,36-17-7-4-8-18-36)41(37)25-31(39)21-19-29-11-9-13-33(43)23-29/h3-18,23-28H,1-2H3. The molecule has 0 spiro atoms. The van der Waals surface area contributed by atoms with Gasteiger partial charge in [-0.25, -0.2) is 8.78 Å². The van der Waals surface area contributed by atoms with E-state index in [0.29, 0.717) is 33.8 Å². The minimum atomic E-state index is -2.96. The van der Waals surface area contributed by atoms with E-state index in [-0.39, 0.29) is 11.6 Å². The molecule has 0 bridgehead atoms. The van der Waals surface area contributed by atoms with Crippen molar-refractivity contribution in [2.24, 2.45) is 0 Å². The topological polar surface area (TPSA) is 18.5 Å². The highest BCUT2D eigenvalue weighted by molar-refractivity contribution is 7.22. The monoisotopic (exact) mass is 630 g/mol. The minimum Gasteiger partial charge on any atom is -0.495 e. The van der Waals surface area contributed by atoms with Crippen molar-refractivity contribution in [3.05, 3.63) is 167 Å². The third kappa shape index (κ3) is 5.38. The molecule has 0 aliphatic carbocycles. The van der Waals surface area contributed by atoms with Crippen molar-refractivity contribution in [3.8, 4) is 46.3 Å². The Hall–Kier alpha value is -5.88. The van der Waals surface area contributed by atoms with Crippen molar-refractivity contribution in [1.29, 1.82) is 0 Å². The molecule has 0 fully saturated rings. The van der Waals surface area contributed by atoms with Gasteiger partial charge in [-0.3, -0.25) is 0 Å². The Morgan fingerprint density at radius 2 is 0.894 bits per heavy atom. The van der Waals surface area contributed by atoms with Crippen LogP contribution >= 0.6 is 0 Å². The summed E-state index contributed by atoms with van der Waals surface area (Å²) >= 11 is 0. The molecule has 0 N–H and O–H groups in total. The van der Waals surface area contributed by atoms with Crippen LogP contribution in [0.5, 0.6) is 11.5 Å². The van der Waals surface area contributed by atoms with E-state index in [1.54, 1.807) is 38.5 Å². The number of fused-ring (bicyclic) bond motifs is 3. The molecule has 0 saturated heterocycles. The SMILES string of the molecule is COc1cc2c(cc1C#Cc1cccc(F)c1)[Si](c1ccccc1)(c1ccccc1)c1cc(C#Cc3cccc(F)c3)c(OC)cc1-2. The molecular weight excluding hydrogens is 603 g/mol. The fourth-order valence-corrected chi connectivity index (χ4v) is 11.7. The van der Waals surface area contributed by atoms with Gasteiger partial charge in [-0.05, 0) is 92.5 Å². The molecule has 0 radical (unpaired) electrons. The molecular formula is C42H28F2O2Si. The molecule has 0 atom stereocenters. The second kappa shape index (κ2) is 12.5. The molecule has 0 amide bonds. The summed E-state index contributed by atoms with van der Waals surface area (Å²) in [6, 6.07) is 42.1. The molecule has 5 heteroatoms. The van der Waals surface area contributed by atoms with E-state index in [1.807, 2.05) is 12.1 Å². The number of rotatable bonds is 4. The molecule has 6 aromatic rings. The van der Waals surface area contributed by atoms with Crippen LogP contribution in [-0.4, -0.2) is 22.3 Å². The van der Waals surface area contributed by atoms with Crippen LogP contribution in [0.2, 0.25) is 0 Å². The van der Waals surface area contributed by atoms with E-state index in [4.69, 9.17) is 9.47 Å². The molecule has 0 saturated carbocycles.